The second-order valence-corrected chi connectivity index (χ2v) is 5.09. The summed E-state index contributed by atoms with van der Waals surface area (Å²) in [7, 11) is 0. The van der Waals surface area contributed by atoms with Crippen LogP contribution in [-0.4, -0.2) is 29.9 Å². The summed E-state index contributed by atoms with van der Waals surface area (Å²) in [4.78, 5) is 23.5. The molecule has 1 N–H and O–H groups in total. The van der Waals surface area contributed by atoms with E-state index in [-0.39, 0.29) is 22.6 Å². The first kappa shape index (κ1) is 16.0. The Morgan fingerprint density at radius 2 is 2.09 bits per heavy atom. The van der Waals surface area contributed by atoms with Gasteiger partial charge < -0.3 is 19.3 Å². The number of phenolic OH excluding ortho intramolecular Hbond substituents is 1. The molecular formula is C16H18O6. The van der Waals surface area contributed by atoms with Gasteiger partial charge in [0.15, 0.2) is 0 Å². The van der Waals surface area contributed by atoms with Crippen LogP contribution in [0.2, 0.25) is 0 Å². The van der Waals surface area contributed by atoms with Crippen LogP contribution in [0.1, 0.15) is 36.5 Å². The molecule has 22 heavy (non-hydrogen) atoms. The quantitative estimate of drug-likeness (QED) is 0.523. The number of carbonyl (C=O) groups is 2. The molecule has 2 rings (SSSR count). The van der Waals surface area contributed by atoms with E-state index in [2.05, 4.69) is 6.58 Å². The maximum atomic E-state index is 12.1. The van der Waals surface area contributed by atoms with Crippen molar-refractivity contribution in [1.82, 2.24) is 0 Å². The van der Waals surface area contributed by atoms with Crippen molar-refractivity contribution in [2.24, 2.45) is 0 Å². The van der Waals surface area contributed by atoms with Crippen LogP contribution in [0, 0.1) is 0 Å². The van der Waals surface area contributed by atoms with Gasteiger partial charge in [0.25, 0.3) is 0 Å². The summed E-state index contributed by atoms with van der Waals surface area (Å²) in [6.45, 7) is 5.52. The molecular weight excluding hydrogens is 288 g/mol. The summed E-state index contributed by atoms with van der Waals surface area (Å²) in [5.41, 5.74) is 0.293. The summed E-state index contributed by atoms with van der Waals surface area (Å²) in [6, 6.07) is 3.80. The van der Waals surface area contributed by atoms with E-state index in [1.807, 2.05) is 0 Å². The molecule has 6 nitrogen and oxygen atoms in total. The van der Waals surface area contributed by atoms with Gasteiger partial charge in [-0.15, -0.1) is 0 Å². The largest absolute Gasteiger partial charge is 0.508 e. The Labute approximate surface area is 128 Å². The fraction of sp³-hybridized carbons (Fsp3) is 0.375. The molecule has 0 amide bonds. The minimum absolute atomic E-state index is 0.0458. The molecule has 0 radical (unpaired) electrons. The molecule has 1 heterocycles. The van der Waals surface area contributed by atoms with E-state index in [9.17, 15) is 14.7 Å². The highest BCUT2D eigenvalue weighted by Gasteiger charge is 2.20. The van der Waals surface area contributed by atoms with E-state index in [1.165, 1.54) is 25.1 Å². The number of ether oxygens (including phenoxy) is 3. The first-order chi connectivity index (χ1) is 10.5. The van der Waals surface area contributed by atoms with Crippen molar-refractivity contribution < 1.29 is 28.9 Å². The van der Waals surface area contributed by atoms with Crippen LogP contribution in [0.15, 0.2) is 30.4 Å². The van der Waals surface area contributed by atoms with Crippen molar-refractivity contribution in [3.05, 3.63) is 35.9 Å². The van der Waals surface area contributed by atoms with Crippen molar-refractivity contribution in [3.8, 4) is 11.5 Å². The van der Waals surface area contributed by atoms with Crippen molar-refractivity contribution in [2.45, 2.75) is 32.5 Å². The fourth-order valence-electron chi connectivity index (χ4n) is 1.95. The topological polar surface area (TPSA) is 82.1 Å². The summed E-state index contributed by atoms with van der Waals surface area (Å²) in [5.74, 6) is -1.44. The Kier molecular flexibility index (Phi) is 5.16. The molecule has 1 saturated heterocycles. The molecule has 1 aromatic carbocycles. The van der Waals surface area contributed by atoms with Crippen LogP contribution in [0.4, 0.5) is 0 Å². The average Bonchev–Trinajstić information content (AvgIpc) is 2.47. The molecule has 6 heteroatoms. The molecule has 1 aliphatic rings. The van der Waals surface area contributed by atoms with Crippen LogP contribution < -0.4 is 4.74 Å². The lowest BCUT2D eigenvalue weighted by Crippen LogP contribution is -2.25. The summed E-state index contributed by atoms with van der Waals surface area (Å²) >= 11 is 0. The Morgan fingerprint density at radius 3 is 2.73 bits per heavy atom. The second kappa shape index (κ2) is 7.09. The Hall–Kier alpha value is -2.34. The predicted octanol–water partition coefficient (Wildman–Crippen LogP) is 2.56. The van der Waals surface area contributed by atoms with Crippen molar-refractivity contribution >= 4 is 11.9 Å². The number of carbonyl (C=O) groups excluding carboxylic acids is 2. The number of hydrogen-bond donors (Lipinski definition) is 1. The van der Waals surface area contributed by atoms with Gasteiger partial charge in [-0.2, -0.15) is 0 Å². The molecule has 1 aromatic rings. The summed E-state index contributed by atoms with van der Waals surface area (Å²) < 4.78 is 15.5. The molecule has 0 spiro atoms. The first-order valence-corrected chi connectivity index (χ1v) is 7.00. The van der Waals surface area contributed by atoms with E-state index >= 15 is 0 Å². The average molecular weight is 306 g/mol. The molecule has 1 fully saturated rings. The minimum Gasteiger partial charge on any atom is -0.508 e. The maximum Gasteiger partial charge on any atom is 0.340 e. The van der Waals surface area contributed by atoms with Gasteiger partial charge in [-0.3, -0.25) is 0 Å². The van der Waals surface area contributed by atoms with Gasteiger partial charge in [-0.05, 0) is 31.9 Å². The van der Waals surface area contributed by atoms with Gasteiger partial charge >= 0.3 is 11.9 Å². The molecule has 1 aliphatic heterocycles. The number of hydrogen-bond acceptors (Lipinski definition) is 6. The smallest absolute Gasteiger partial charge is 0.340 e. The van der Waals surface area contributed by atoms with E-state index < -0.39 is 18.2 Å². The molecule has 0 bridgehead atoms. The van der Waals surface area contributed by atoms with Crippen LogP contribution >= 0.6 is 0 Å². The number of esters is 2. The van der Waals surface area contributed by atoms with E-state index in [0.29, 0.717) is 13.0 Å². The molecule has 1 unspecified atom stereocenters. The van der Waals surface area contributed by atoms with Crippen molar-refractivity contribution in [2.75, 3.05) is 6.61 Å². The Morgan fingerprint density at radius 1 is 1.32 bits per heavy atom. The van der Waals surface area contributed by atoms with E-state index in [4.69, 9.17) is 14.2 Å². The third-order valence-corrected chi connectivity index (χ3v) is 3.06. The van der Waals surface area contributed by atoms with Gasteiger partial charge in [0.1, 0.15) is 11.5 Å². The SMILES string of the molecule is C=C(C)C(=O)Oc1cc(O)cc(C(=O)OC2CCCCO2)c1. The zero-order chi connectivity index (χ0) is 16.1. The number of phenols is 1. The van der Waals surface area contributed by atoms with Gasteiger partial charge in [0.2, 0.25) is 6.29 Å². The molecule has 0 aliphatic carbocycles. The molecule has 0 aromatic heterocycles. The van der Waals surface area contributed by atoms with Crippen LogP contribution in [0.5, 0.6) is 11.5 Å². The number of aromatic hydroxyl groups is 1. The zero-order valence-corrected chi connectivity index (χ0v) is 12.3. The lowest BCUT2D eigenvalue weighted by molar-refractivity contribution is -0.131. The Bertz CT molecular complexity index is 586. The number of rotatable bonds is 4. The fourth-order valence-corrected chi connectivity index (χ4v) is 1.95. The monoisotopic (exact) mass is 306 g/mol. The van der Waals surface area contributed by atoms with Crippen LogP contribution in [0.3, 0.4) is 0 Å². The van der Waals surface area contributed by atoms with E-state index in [0.717, 1.165) is 12.8 Å². The summed E-state index contributed by atoms with van der Waals surface area (Å²) in [5, 5.41) is 9.65. The number of benzene rings is 1. The molecule has 1 atom stereocenters. The van der Waals surface area contributed by atoms with Gasteiger partial charge in [-0.25, -0.2) is 9.59 Å². The maximum absolute atomic E-state index is 12.1. The van der Waals surface area contributed by atoms with Crippen LogP contribution in [0.25, 0.3) is 0 Å². The normalized spacial score (nSPS) is 17.6. The van der Waals surface area contributed by atoms with Crippen molar-refractivity contribution in [3.63, 3.8) is 0 Å². The van der Waals surface area contributed by atoms with E-state index in [1.54, 1.807) is 0 Å². The standard InChI is InChI=1S/C16H18O6/c1-10(2)15(18)21-13-8-11(7-12(17)9-13)16(19)22-14-5-3-4-6-20-14/h7-9,14,17H,1,3-6H2,2H3. The molecule has 0 saturated carbocycles. The van der Waals surface area contributed by atoms with Gasteiger partial charge in [-0.1, -0.05) is 6.58 Å². The van der Waals surface area contributed by atoms with Crippen molar-refractivity contribution in [1.29, 1.82) is 0 Å². The third kappa shape index (κ3) is 4.33. The van der Waals surface area contributed by atoms with Gasteiger partial charge in [0.05, 0.1) is 12.2 Å². The highest BCUT2D eigenvalue weighted by molar-refractivity contribution is 5.92. The highest BCUT2D eigenvalue weighted by atomic mass is 16.7. The third-order valence-electron chi connectivity index (χ3n) is 3.06. The summed E-state index contributed by atoms with van der Waals surface area (Å²) in [6.07, 6.45) is 1.94. The molecule has 118 valence electrons. The van der Waals surface area contributed by atoms with Crippen LogP contribution in [-0.2, 0) is 14.3 Å². The Balaban J connectivity index is 2.09. The lowest BCUT2D eigenvalue weighted by Gasteiger charge is -2.22. The first-order valence-electron chi connectivity index (χ1n) is 7.00. The second-order valence-electron chi connectivity index (χ2n) is 5.09. The minimum atomic E-state index is -0.643. The predicted molar refractivity (Wildman–Crippen MR) is 77.6 cm³/mol. The lowest BCUT2D eigenvalue weighted by atomic mass is 10.2. The highest BCUT2D eigenvalue weighted by Crippen LogP contribution is 2.24. The van der Waals surface area contributed by atoms with Gasteiger partial charge in [0, 0.05) is 18.1 Å². The zero-order valence-electron chi connectivity index (χ0n) is 12.3.